The zero-order valence-electron chi connectivity index (χ0n) is 11.0. The van der Waals surface area contributed by atoms with Crippen LogP contribution in [0, 0.1) is 17.7 Å². The van der Waals surface area contributed by atoms with E-state index in [9.17, 15) is 4.39 Å². The van der Waals surface area contributed by atoms with Gasteiger partial charge in [0, 0.05) is 5.02 Å². The molecule has 0 spiro atoms. The van der Waals surface area contributed by atoms with Crippen molar-refractivity contribution in [1.82, 2.24) is 5.32 Å². The highest BCUT2D eigenvalue weighted by Gasteiger charge is 2.28. The van der Waals surface area contributed by atoms with Gasteiger partial charge in [-0.1, -0.05) is 31.5 Å². The normalized spacial score (nSPS) is 24.5. The number of halogens is 2. The van der Waals surface area contributed by atoms with Crippen LogP contribution >= 0.6 is 11.6 Å². The quantitative estimate of drug-likeness (QED) is 0.866. The summed E-state index contributed by atoms with van der Waals surface area (Å²) in [6.45, 7) is 6.42. The Labute approximate surface area is 114 Å². The highest BCUT2D eigenvalue weighted by Crippen LogP contribution is 2.36. The third-order valence-electron chi connectivity index (χ3n) is 3.74. The second kappa shape index (κ2) is 6.03. The number of piperidine rings is 1. The molecule has 1 nitrogen and oxygen atoms in total. The van der Waals surface area contributed by atoms with Crippen molar-refractivity contribution in [2.75, 3.05) is 13.1 Å². The van der Waals surface area contributed by atoms with Crippen LogP contribution in [0.1, 0.15) is 38.2 Å². The van der Waals surface area contributed by atoms with Crippen LogP contribution in [-0.4, -0.2) is 13.1 Å². The molecule has 2 rings (SSSR count). The molecule has 0 aliphatic carbocycles. The molecule has 1 heterocycles. The SMILES string of the molecule is CC(C)CC1CNCCC1c1ccc(Cl)cc1F. The van der Waals surface area contributed by atoms with E-state index in [0.29, 0.717) is 22.8 Å². The molecule has 1 aromatic carbocycles. The minimum Gasteiger partial charge on any atom is -0.316 e. The fourth-order valence-corrected chi connectivity index (χ4v) is 3.15. The molecule has 0 bridgehead atoms. The van der Waals surface area contributed by atoms with Crippen molar-refractivity contribution in [1.29, 1.82) is 0 Å². The Morgan fingerprint density at radius 1 is 1.44 bits per heavy atom. The van der Waals surface area contributed by atoms with Crippen molar-refractivity contribution >= 4 is 11.6 Å². The molecule has 0 aromatic heterocycles. The van der Waals surface area contributed by atoms with Crippen LogP contribution in [0.15, 0.2) is 18.2 Å². The number of nitrogens with one attached hydrogen (secondary N) is 1. The molecule has 2 atom stereocenters. The fraction of sp³-hybridized carbons (Fsp3) is 0.600. The maximum absolute atomic E-state index is 14.0. The summed E-state index contributed by atoms with van der Waals surface area (Å²) in [4.78, 5) is 0. The lowest BCUT2D eigenvalue weighted by Gasteiger charge is -2.34. The van der Waals surface area contributed by atoms with Crippen LogP contribution in [-0.2, 0) is 0 Å². The maximum atomic E-state index is 14.0. The number of hydrogen-bond acceptors (Lipinski definition) is 1. The summed E-state index contributed by atoms with van der Waals surface area (Å²) in [5, 5.41) is 3.90. The summed E-state index contributed by atoms with van der Waals surface area (Å²) in [5.41, 5.74) is 0.839. The zero-order valence-corrected chi connectivity index (χ0v) is 11.8. The molecule has 0 saturated carbocycles. The van der Waals surface area contributed by atoms with Gasteiger partial charge in [-0.25, -0.2) is 4.39 Å². The van der Waals surface area contributed by atoms with Gasteiger partial charge < -0.3 is 5.32 Å². The summed E-state index contributed by atoms with van der Waals surface area (Å²) < 4.78 is 14.0. The fourth-order valence-electron chi connectivity index (χ4n) is 2.99. The molecule has 3 heteroatoms. The van der Waals surface area contributed by atoms with E-state index in [-0.39, 0.29) is 5.82 Å². The van der Waals surface area contributed by atoms with E-state index < -0.39 is 0 Å². The van der Waals surface area contributed by atoms with E-state index in [1.165, 1.54) is 6.07 Å². The molecule has 18 heavy (non-hydrogen) atoms. The molecule has 0 radical (unpaired) electrons. The molecular formula is C15H21ClFN. The van der Waals surface area contributed by atoms with Crippen molar-refractivity contribution in [2.45, 2.75) is 32.6 Å². The third-order valence-corrected chi connectivity index (χ3v) is 3.98. The smallest absolute Gasteiger partial charge is 0.128 e. The summed E-state index contributed by atoms with van der Waals surface area (Å²) in [6, 6.07) is 5.10. The zero-order chi connectivity index (χ0) is 13.1. The predicted molar refractivity (Wildman–Crippen MR) is 74.6 cm³/mol. The highest BCUT2D eigenvalue weighted by molar-refractivity contribution is 6.30. The molecule has 1 saturated heterocycles. The van der Waals surface area contributed by atoms with Crippen LogP contribution in [0.25, 0.3) is 0 Å². The van der Waals surface area contributed by atoms with Gasteiger partial charge in [-0.15, -0.1) is 0 Å². The molecule has 1 aliphatic rings. The van der Waals surface area contributed by atoms with Crippen LogP contribution in [0.2, 0.25) is 5.02 Å². The summed E-state index contributed by atoms with van der Waals surface area (Å²) in [5.74, 6) is 1.34. The molecule has 1 aromatic rings. The molecule has 2 unspecified atom stereocenters. The first-order chi connectivity index (χ1) is 8.58. The van der Waals surface area contributed by atoms with E-state index in [1.807, 2.05) is 6.07 Å². The average molecular weight is 270 g/mol. The van der Waals surface area contributed by atoms with Gasteiger partial charge in [0.1, 0.15) is 5.82 Å². The topological polar surface area (TPSA) is 12.0 Å². The Morgan fingerprint density at radius 3 is 2.89 bits per heavy atom. The lowest BCUT2D eigenvalue weighted by atomic mass is 9.77. The Morgan fingerprint density at radius 2 is 2.22 bits per heavy atom. The largest absolute Gasteiger partial charge is 0.316 e. The van der Waals surface area contributed by atoms with Crippen molar-refractivity contribution in [3.05, 3.63) is 34.6 Å². The van der Waals surface area contributed by atoms with Crippen molar-refractivity contribution in [3.63, 3.8) is 0 Å². The highest BCUT2D eigenvalue weighted by atomic mass is 35.5. The predicted octanol–water partition coefficient (Wildman–Crippen LogP) is 4.22. The first-order valence-electron chi connectivity index (χ1n) is 6.73. The molecule has 0 amide bonds. The van der Waals surface area contributed by atoms with Gasteiger partial charge in [0.15, 0.2) is 0 Å². The summed E-state index contributed by atoms with van der Waals surface area (Å²) in [6.07, 6.45) is 2.15. The van der Waals surface area contributed by atoms with E-state index in [1.54, 1.807) is 6.07 Å². The van der Waals surface area contributed by atoms with Crippen molar-refractivity contribution in [3.8, 4) is 0 Å². The van der Waals surface area contributed by atoms with Crippen molar-refractivity contribution < 1.29 is 4.39 Å². The molecule has 100 valence electrons. The van der Waals surface area contributed by atoms with Gasteiger partial charge in [-0.3, -0.25) is 0 Å². The van der Waals surface area contributed by atoms with Crippen LogP contribution in [0.3, 0.4) is 0 Å². The Balaban J connectivity index is 2.22. The first-order valence-corrected chi connectivity index (χ1v) is 7.11. The second-order valence-corrected chi connectivity index (χ2v) is 6.09. The monoisotopic (exact) mass is 269 g/mol. The molecular weight excluding hydrogens is 249 g/mol. The molecule has 1 N–H and O–H groups in total. The lowest BCUT2D eigenvalue weighted by Crippen LogP contribution is -2.36. The van der Waals surface area contributed by atoms with Crippen LogP contribution < -0.4 is 5.32 Å². The Kier molecular flexibility index (Phi) is 4.63. The third kappa shape index (κ3) is 3.24. The maximum Gasteiger partial charge on any atom is 0.128 e. The minimum atomic E-state index is -0.150. The number of hydrogen-bond donors (Lipinski definition) is 1. The van der Waals surface area contributed by atoms with E-state index >= 15 is 0 Å². The summed E-state index contributed by atoms with van der Waals surface area (Å²) in [7, 11) is 0. The van der Waals surface area contributed by atoms with E-state index in [0.717, 1.165) is 31.5 Å². The van der Waals surface area contributed by atoms with Gasteiger partial charge in [0.2, 0.25) is 0 Å². The molecule has 1 aliphatic heterocycles. The first kappa shape index (κ1) is 13.8. The standard InChI is InChI=1S/C15H21ClFN/c1-10(2)7-11-9-18-6-5-13(11)14-4-3-12(16)8-15(14)17/h3-4,8,10-11,13,18H,5-7,9H2,1-2H3. The Hall–Kier alpha value is -0.600. The van der Waals surface area contributed by atoms with Gasteiger partial charge in [-0.05, 0) is 61.4 Å². The minimum absolute atomic E-state index is 0.150. The number of benzene rings is 1. The van der Waals surface area contributed by atoms with Crippen LogP contribution in [0.5, 0.6) is 0 Å². The van der Waals surface area contributed by atoms with Crippen LogP contribution in [0.4, 0.5) is 4.39 Å². The van der Waals surface area contributed by atoms with Crippen molar-refractivity contribution in [2.24, 2.45) is 11.8 Å². The van der Waals surface area contributed by atoms with Gasteiger partial charge in [0.25, 0.3) is 0 Å². The second-order valence-electron chi connectivity index (χ2n) is 5.65. The van der Waals surface area contributed by atoms with Gasteiger partial charge >= 0.3 is 0 Å². The lowest BCUT2D eigenvalue weighted by molar-refractivity contribution is 0.275. The average Bonchev–Trinajstić information content (AvgIpc) is 2.30. The number of rotatable bonds is 3. The van der Waals surface area contributed by atoms with E-state index in [4.69, 9.17) is 11.6 Å². The Bertz CT molecular complexity index is 405. The summed E-state index contributed by atoms with van der Waals surface area (Å²) >= 11 is 5.82. The molecule has 1 fully saturated rings. The van der Waals surface area contributed by atoms with Gasteiger partial charge in [-0.2, -0.15) is 0 Å². The van der Waals surface area contributed by atoms with Gasteiger partial charge in [0.05, 0.1) is 0 Å². The van der Waals surface area contributed by atoms with E-state index in [2.05, 4.69) is 19.2 Å².